The summed E-state index contributed by atoms with van der Waals surface area (Å²) in [6.45, 7) is 5.85. The number of hydrogen-bond acceptors (Lipinski definition) is 4. The molecule has 1 aliphatic heterocycles. The molecule has 0 saturated heterocycles. The molecule has 0 spiro atoms. The van der Waals surface area contributed by atoms with Crippen LogP contribution in [0.1, 0.15) is 41.8 Å². The SMILES string of the molecule is CCN(CC)S(=O)(=O)c1cccc(C(=O)NCc2ccc3c(c2)CCCN3C)c1. The maximum absolute atomic E-state index is 12.7. The first-order chi connectivity index (χ1) is 13.9. The molecule has 1 N–H and O–H groups in total. The van der Waals surface area contributed by atoms with Crippen LogP contribution in [0.2, 0.25) is 0 Å². The number of carbonyl (C=O) groups is 1. The lowest BCUT2D eigenvalue weighted by Crippen LogP contribution is -2.31. The van der Waals surface area contributed by atoms with Gasteiger partial charge in [0.1, 0.15) is 0 Å². The zero-order chi connectivity index (χ0) is 21.0. The molecule has 2 aromatic carbocycles. The molecule has 0 radical (unpaired) electrons. The van der Waals surface area contributed by atoms with Gasteiger partial charge in [-0.15, -0.1) is 0 Å². The van der Waals surface area contributed by atoms with Crippen molar-refractivity contribution >= 4 is 21.6 Å². The van der Waals surface area contributed by atoms with Crippen LogP contribution in [0, 0.1) is 0 Å². The highest BCUT2D eigenvalue weighted by Gasteiger charge is 2.22. The first-order valence-corrected chi connectivity index (χ1v) is 11.5. The van der Waals surface area contributed by atoms with Gasteiger partial charge in [0.25, 0.3) is 5.91 Å². The molecule has 0 aromatic heterocycles. The minimum absolute atomic E-state index is 0.144. The van der Waals surface area contributed by atoms with Crippen molar-refractivity contribution in [2.45, 2.75) is 38.1 Å². The molecule has 7 heteroatoms. The lowest BCUT2D eigenvalue weighted by Gasteiger charge is -2.27. The number of anilines is 1. The van der Waals surface area contributed by atoms with Gasteiger partial charge in [0, 0.05) is 44.5 Å². The molecule has 0 atom stereocenters. The van der Waals surface area contributed by atoms with E-state index in [1.807, 2.05) is 6.07 Å². The summed E-state index contributed by atoms with van der Waals surface area (Å²) in [6.07, 6.45) is 2.18. The average molecular weight is 416 g/mol. The van der Waals surface area contributed by atoms with Crippen LogP contribution in [0.15, 0.2) is 47.4 Å². The summed E-state index contributed by atoms with van der Waals surface area (Å²) in [5.41, 5.74) is 3.94. The van der Waals surface area contributed by atoms with Crippen LogP contribution < -0.4 is 10.2 Å². The fourth-order valence-electron chi connectivity index (χ4n) is 3.74. The van der Waals surface area contributed by atoms with E-state index in [1.54, 1.807) is 26.0 Å². The smallest absolute Gasteiger partial charge is 0.251 e. The Labute approximate surface area is 173 Å². The number of benzene rings is 2. The highest BCUT2D eigenvalue weighted by atomic mass is 32.2. The van der Waals surface area contributed by atoms with Gasteiger partial charge in [-0.1, -0.05) is 32.0 Å². The number of aryl methyl sites for hydroxylation is 1. The van der Waals surface area contributed by atoms with Crippen LogP contribution in [-0.4, -0.2) is 45.3 Å². The fraction of sp³-hybridized carbons (Fsp3) is 0.409. The van der Waals surface area contributed by atoms with Crippen molar-refractivity contribution in [2.24, 2.45) is 0 Å². The normalized spacial score (nSPS) is 14.0. The number of amides is 1. The Balaban J connectivity index is 1.72. The van der Waals surface area contributed by atoms with E-state index in [2.05, 4.69) is 29.4 Å². The predicted molar refractivity (Wildman–Crippen MR) is 116 cm³/mol. The topological polar surface area (TPSA) is 69.7 Å². The highest BCUT2D eigenvalue weighted by molar-refractivity contribution is 7.89. The van der Waals surface area contributed by atoms with Crippen molar-refractivity contribution in [3.05, 3.63) is 59.2 Å². The molecular weight excluding hydrogens is 386 g/mol. The molecule has 1 heterocycles. The van der Waals surface area contributed by atoms with Gasteiger partial charge < -0.3 is 10.2 Å². The number of nitrogens with zero attached hydrogens (tertiary/aromatic N) is 2. The van der Waals surface area contributed by atoms with Gasteiger partial charge in [-0.2, -0.15) is 4.31 Å². The Kier molecular flexibility index (Phi) is 6.59. The van der Waals surface area contributed by atoms with Crippen molar-refractivity contribution in [3.8, 4) is 0 Å². The average Bonchev–Trinajstić information content (AvgIpc) is 2.73. The van der Waals surface area contributed by atoms with Crippen molar-refractivity contribution in [3.63, 3.8) is 0 Å². The molecule has 1 amide bonds. The number of fused-ring (bicyclic) bond motifs is 1. The zero-order valence-electron chi connectivity index (χ0n) is 17.3. The third kappa shape index (κ3) is 4.62. The lowest BCUT2D eigenvalue weighted by atomic mass is 9.99. The third-order valence-corrected chi connectivity index (χ3v) is 7.43. The Morgan fingerprint density at radius 2 is 1.90 bits per heavy atom. The van der Waals surface area contributed by atoms with Crippen LogP contribution in [0.3, 0.4) is 0 Å². The molecular formula is C22H29N3O3S. The molecule has 3 rings (SSSR count). The van der Waals surface area contributed by atoms with Crippen molar-refractivity contribution in [1.29, 1.82) is 0 Å². The fourth-order valence-corrected chi connectivity index (χ4v) is 5.25. The van der Waals surface area contributed by atoms with Crippen LogP contribution in [0.5, 0.6) is 0 Å². The molecule has 6 nitrogen and oxygen atoms in total. The molecule has 0 saturated carbocycles. The Morgan fingerprint density at radius 3 is 2.62 bits per heavy atom. The number of sulfonamides is 1. The number of nitrogens with one attached hydrogen (secondary N) is 1. The summed E-state index contributed by atoms with van der Waals surface area (Å²) < 4.78 is 26.8. The van der Waals surface area contributed by atoms with Gasteiger partial charge in [0.05, 0.1) is 4.90 Å². The maximum Gasteiger partial charge on any atom is 0.251 e. The van der Waals surface area contributed by atoms with E-state index in [0.29, 0.717) is 25.2 Å². The van der Waals surface area contributed by atoms with Crippen molar-refractivity contribution in [2.75, 3.05) is 31.6 Å². The lowest BCUT2D eigenvalue weighted by molar-refractivity contribution is 0.0950. The third-order valence-electron chi connectivity index (χ3n) is 5.39. The van der Waals surface area contributed by atoms with Gasteiger partial charge in [-0.3, -0.25) is 4.79 Å². The molecule has 0 unspecified atom stereocenters. The largest absolute Gasteiger partial charge is 0.374 e. The van der Waals surface area contributed by atoms with Crippen molar-refractivity contribution in [1.82, 2.24) is 9.62 Å². The Morgan fingerprint density at radius 1 is 1.14 bits per heavy atom. The number of rotatable bonds is 7. The molecule has 1 aliphatic rings. The number of carbonyl (C=O) groups excluding carboxylic acids is 1. The molecule has 2 aromatic rings. The highest BCUT2D eigenvalue weighted by Crippen LogP contribution is 2.26. The van der Waals surface area contributed by atoms with E-state index < -0.39 is 10.0 Å². The van der Waals surface area contributed by atoms with Gasteiger partial charge in [0.15, 0.2) is 0 Å². The standard InChI is InChI=1S/C22H29N3O3S/c1-4-25(5-2)29(27,28)20-10-6-8-19(15-20)22(26)23-16-17-11-12-21-18(14-17)9-7-13-24(21)3/h6,8,10-12,14-15H,4-5,7,9,13,16H2,1-3H3,(H,23,26). The van der Waals surface area contributed by atoms with E-state index in [4.69, 9.17) is 0 Å². The summed E-state index contributed by atoms with van der Waals surface area (Å²) in [6, 6.07) is 12.5. The summed E-state index contributed by atoms with van der Waals surface area (Å²) in [5, 5.41) is 2.91. The van der Waals surface area contributed by atoms with Gasteiger partial charge in [0.2, 0.25) is 10.0 Å². The summed E-state index contributed by atoms with van der Waals surface area (Å²) in [5.74, 6) is -0.281. The Hall–Kier alpha value is -2.38. The van der Waals surface area contributed by atoms with Gasteiger partial charge in [-0.25, -0.2) is 8.42 Å². The molecule has 0 bridgehead atoms. The van der Waals surface area contributed by atoms with Crippen molar-refractivity contribution < 1.29 is 13.2 Å². The molecule has 0 aliphatic carbocycles. The molecule has 0 fully saturated rings. The molecule has 156 valence electrons. The zero-order valence-corrected chi connectivity index (χ0v) is 18.1. The second-order valence-electron chi connectivity index (χ2n) is 7.29. The Bertz CT molecular complexity index is 985. The first kappa shape index (κ1) is 21.3. The van der Waals surface area contributed by atoms with Gasteiger partial charge >= 0.3 is 0 Å². The summed E-state index contributed by atoms with van der Waals surface area (Å²) >= 11 is 0. The monoisotopic (exact) mass is 415 g/mol. The van der Waals surface area contributed by atoms with Crippen LogP contribution in [0.4, 0.5) is 5.69 Å². The van der Waals surface area contributed by atoms with Crippen LogP contribution >= 0.6 is 0 Å². The minimum atomic E-state index is -3.59. The minimum Gasteiger partial charge on any atom is -0.374 e. The van der Waals surface area contributed by atoms with E-state index in [0.717, 1.165) is 24.9 Å². The van der Waals surface area contributed by atoms with Gasteiger partial charge in [-0.05, 0) is 48.2 Å². The second kappa shape index (κ2) is 8.97. The van der Waals surface area contributed by atoms with E-state index in [-0.39, 0.29) is 10.8 Å². The van der Waals surface area contributed by atoms with E-state index in [9.17, 15) is 13.2 Å². The second-order valence-corrected chi connectivity index (χ2v) is 9.23. The van der Waals surface area contributed by atoms with E-state index >= 15 is 0 Å². The van der Waals surface area contributed by atoms with Crippen LogP contribution in [-0.2, 0) is 23.0 Å². The summed E-state index contributed by atoms with van der Waals surface area (Å²) in [7, 11) is -1.50. The predicted octanol–water partition coefficient (Wildman–Crippen LogP) is 3.03. The quantitative estimate of drug-likeness (QED) is 0.755. The maximum atomic E-state index is 12.7. The first-order valence-electron chi connectivity index (χ1n) is 10.1. The van der Waals surface area contributed by atoms with E-state index in [1.165, 1.54) is 27.7 Å². The molecule has 29 heavy (non-hydrogen) atoms. The van der Waals surface area contributed by atoms with Crippen LogP contribution in [0.25, 0.3) is 0 Å². The number of hydrogen-bond donors (Lipinski definition) is 1. The summed E-state index contributed by atoms with van der Waals surface area (Å²) in [4.78, 5) is 15.0.